The van der Waals surface area contributed by atoms with Crippen LogP contribution in [0, 0.1) is 0 Å². The first-order valence-corrected chi connectivity index (χ1v) is 9.48. The molecule has 29 heavy (non-hydrogen) atoms. The van der Waals surface area contributed by atoms with Crippen LogP contribution in [-0.4, -0.2) is 31.7 Å². The van der Waals surface area contributed by atoms with E-state index >= 15 is 0 Å². The first-order chi connectivity index (χ1) is 14.0. The number of benzene rings is 2. The highest BCUT2D eigenvalue weighted by Gasteiger charge is 2.35. The van der Waals surface area contributed by atoms with Crippen molar-refractivity contribution in [2.24, 2.45) is 10.7 Å². The molecular weight excluding hydrogens is 370 g/mol. The molecule has 1 atom stereocenters. The highest BCUT2D eigenvalue weighted by molar-refractivity contribution is 6.19. The number of amides is 2. The number of nitrogens with zero attached hydrogens (tertiary/aromatic N) is 1. The molecule has 7 nitrogen and oxygen atoms in total. The van der Waals surface area contributed by atoms with Gasteiger partial charge in [-0.15, -0.1) is 0 Å². The maximum Gasteiger partial charge on any atom is 0.237 e. The summed E-state index contributed by atoms with van der Waals surface area (Å²) in [4.78, 5) is 28.4. The van der Waals surface area contributed by atoms with Crippen LogP contribution in [0.5, 0.6) is 11.5 Å². The smallest absolute Gasteiger partial charge is 0.237 e. The van der Waals surface area contributed by atoms with E-state index in [0.29, 0.717) is 36.4 Å². The molecule has 1 aliphatic rings. The molecule has 2 aromatic carbocycles. The minimum Gasteiger partial charge on any atom is -0.493 e. The lowest BCUT2D eigenvalue weighted by molar-refractivity contribution is -0.118. The number of rotatable bonds is 8. The lowest BCUT2D eigenvalue weighted by atomic mass is 9.93. The third-order valence-corrected chi connectivity index (χ3v) is 4.95. The average molecular weight is 395 g/mol. The highest BCUT2D eigenvalue weighted by atomic mass is 16.5. The third kappa shape index (κ3) is 4.39. The van der Waals surface area contributed by atoms with Crippen molar-refractivity contribution in [3.63, 3.8) is 0 Å². The summed E-state index contributed by atoms with van der Waals surface area (Å²) in [6, 6.07) is 11.2. The first-order valence-electron chi connectivity index (χ1n) is 9.48. The molecule has 0 spiro atoms. The number of methoxy groups -OCH3 is 2. The number of fused-ring (bicyclic) bond motifs is 1. The Hall–Kier alpha value is -3.35. The van der Waals surface area contributed by atoms with Gasteiger partial charge >= 0.3 is 0 Å². The molecule has 3 rings (SSSR count). The van der Waals surface area contributed by atoms with Gasteiger partial charge in [-0.05, 0) is 42.2 Å². The summed E-state index contributed by atoms with van der Waals surface area (Å²) in [5.74, 6) is 0.215. The highest BCUT2D eigenvalue weighted by Crippen LogP contribution is 2.42. The summed E-state index contributed by atoms with van der Waals surface area (Å²) in [7, 11) is 3.13. The Labute approximate surface area is 169 Å². The summed E-state index contributed by atoms with van der Waals surface area (Å²) in [5, 5.41) is 2.91. The molecule has 0 bridgehead atoms. The van der Waals surface area contributed by atoms with Gasteiger partial charge in [0.25, 0.3) is 0 Å². The van der Waals surface area contributed by atoms with E-state index in [-0.39, 0.29) is 11.8 Å². The van der Waals surface area contributed by atoms with Gasteiger partial charge in [0.05, 0.1) is 19.9 Å². The summed E-state index contributed by atoms with van der Waals surface area (Å²) < 4.78 is 10.7. The SMILES string of the molecule is CCC(=Nc1ccc(CCC(N)=O)cc1)C1C(=O)Nc2cc(OC)c(OC)cc21. The molecule has 0 fully saturated rings. The van der Waals surface area contributed by atoms with Crippen molar-refractivity contribution in [2.75, 3.05) is 19.5 Å². The number of carbonyl (C=O) groups excluding carboxylic acids is 2. The molecule has 1 heterocycles. The lowest BCUT2D eigenvalue weighted by Crippen LogP contribution is -2.20. The first kappa shape index (κ1) is 20.4. The number of nitrogens with one attached hydrogen (secondary N) is 1. The van der Waals surface area contributed by atoms with Crippen LogP contribution in [0.25, 0.3) is 0 Å². The van der Waals surface area contributed by atoms with Crippen molar-refractivity contribution in [2.45, 2.75) is 32.1 Å². The maximum atomic E-state index is 12.7. The zero-order valence-corrected chi connectivity index (χ0v) is 16.8. The summed E-state index contributed by atoms with van der Waals surface area (Å²) in [6.45, 7) is 1.98. The monoisotopic (exact) mass is 395 g/mol. The molecule has 0 aromatic heterocycles. The van der Waals surface area contributed by atoms with Gasteiger partial charge in [0, 0.05) is 23.9 Å². The van der Waals surface area contributed by atoms with E-state index < -0.39 is 5.92 Å². The lowest BCUT2D eigenvalue weighted by Gasteiger charge is -2.14. The fraction of sp³-hybridized carbons (Fsp3) is 0.318. The van der Waals surface area contributed by atoms with Gasteiger partial charge in [0.1, 0.15) is 5.92 Å². The van der Waals surface area contributed by atoms with E-state index in [4.69, 9.17) is 20.2 Å². The molecule has 0 aliphatic carbocycles. The number of hydrogen-bond acceptors (Lipinski definition) is 5. The second-order valence-electron chi connectivity index (χ2n) is 6.81. The van der Waals surface area contributed by atoms with Gasteiger partial charge < -0.3 is 20.5 Å². The minimum atomic E-state index is -0.482. The van der Waals surface area contributed by atoms with Crippen molar-refractivity contribution in [3.05, 3.63) is 47.5 Å². The Bertz CT molecular complexity index is 951. The topological polar surface area (TPSA) is 103 Å². The van der Waals surface area contributed by atoms with Crippen molar-refractivity contribution in [3.8, 4) is 11.5 Å². The normalized spacial score (nSPS) is 15.6. The molecule has 2 aromatic rings. The van der Waals surface area contributed by atoms with Crippen molar-refractivity contribution in [1.29, 1.82) is 0 Å². The van der Waals surface area contributed by atoms with Crippen LogP contribution in [0.4, 0.5) is 11.4 Å². The van der Waals surface area contributed by atoms with Crippen LogP contribution in [-0.2, 0) is 16.0 Å². The molecule has 0 saturated heterocycles. The van der Waals surface area contributed by atoms with Gasteiger partial charge in [-0.3, -0.25) is 14.6 Å². The average Bonchev–Trinajstić information content (AvgIpc) is 3.04. The van der Waals surface area contributed by atoms with E-state index in [1.54, 1.807) is 20.3 Å². The standard InChI is InChI=1S/C22H25N3O4/c1-4-16(24-14-8-5-13(6-9-14)7-10-20(23)26)21-15-11-18(28-2)19(29-3)12-17(15)25-22(21)27/h5-6,8-9,11-12,21H,4,7,10H2,1-3H3,(H2,23,26)(H,25,27). The van der Waals surface area contributed by atoms with Crippen LogP contribution >= 0.6 is 0 Å². The van der Waals surface area contributed by atoms with Gasteiger partial charge in [-0.25, -0.2) is 0 Å². The number of primary amides is 1. The Morgan fingerprint density at radius 2 is 1.79 bits per heavy atom. The fourth-order valence-corrected chi connectivity index (χ4v) is 3.44. The van der Waals surface area contributed by atoms with Crippen LogP contribution in [0.3, 0.4) is 0 Å². The van der Waals surface area contributed by atoms with Crippen molar-refractivity contribution >= 4 is 28.9 Å². The van der Waals surface area contributed by atoms with Crippen molar-refractivity contribution < 1.29 is 19.1 Å². The van der Waals surface area contributed by atoms with Crippen LogP contribution in [0.2, 0.25) is 0 Å². The fourth-order valence-electron chi connectivity index (χ4n) is 3.44. The van der Waals surface area contributed by atoms with Gasteiger partial charge in [-0.1, -0.05) is 19.1 Å². The Morgan fingerprint density at radius 3 is 2.38 bits per heavy atom. The largest absolute Gasteiger partial charge is 0.493 e. The molecule has 7 heteroatoms. The summed E-state index contributed by atoms with van der Waals surface area (Å²) >= 11 is 0. The third-order valence-electron chi connectivity index (χ3n) is 4.95. The second kappa shape index (κ2) is 8.77. The van der Waals surface area contributed by atoms with Gasteiger partial charge in [0.2, 0.25) is 11.8 Å². The van der Waals surface area contributed by atoms with Gasteiger partial charge in [-0.2, -0.15) is 0 Å². The zero-order valence-electron chi connectivity index (χ0n) is 16.8. The summed E-state index contributed by atoms with van der Waals surface area (Å²) in [5.41, 5.74) is 9.27. The molecule has 152 valence electrons. The molecule has 0 saturated carbocycles. The number of carbonyl (C=O) groups is 2. The number of hydrogen-bond donors (Lipinski definition) is 2. The quantitative estimate of drug-likeness (QED) is 0.669. The molecule has 0 radical (unpaired) electrons. The van der Waals surface area contributed by atoms with Crippen LogP contribution in [0.1, 0.15) is 36.8 Å². The van der Waals surface area contributed by atoms with E-state index in [1.807, 2.05) is 37.3 Å². The number of aliphatic imine (C=N–C) groups is 1. The van der Waals surface area contributed by atoms with Gasteiger partial charge in [0.15, 0.2) is 11.5 Å². The molecule has 3 N–H and O–H groups in total. The van der Waals surface area contributed by atoms with E-state index in [9.17, 15) is 9.59 Å². The number of anilines is 1. The Balaban J connectivity index is 1.90. The second-order valence-corrected chi connectivity index (χ2v) is 6.81. The molecule has 1 aliphatic heterocycles. The number of ether oxygens (including phenoxy) is 2. The van der Waals surface area contributed by atoms with Crippen LogP contribution in [0.15, 0.2) is 41.4 Å². The zero-order chi connectivity index (χ0) is 21.0. The van der Waals surface area contributed by atoms with Crippen molar-refractivity contribution in [1.82, 2.24) is 0 Å². The molecule has 2 amide bonds. The predicted octanol–water partition coefficient (Wildman–Crippen LogP) is 3.34. The van der Waals surface area contributed by atoms with E-state index in [1.165, 1.54) is 0 Å². The minimum absolute atomic E-state index is 0.117. The molecular formula is C22H25N3O4. The van der Waals surface area contributed by atoms with E-state index in [2.05, 4.69) is 5.32 Å². The van der Waals surface area contributed by atoms with E-state index in [0.717, 1.165) is 22.5 Å². The predicted molar refractivity (Wildman–Crippen MR) is 112 cm³/mol. The Morgan fingerprint density at radius 1 is 1.14 bits per heavy atom. The maximum absolute atomic E-state index is 12.7. The van der Waals surface area contributed by atoms with Crippen LogP contribution < -0.4 is 20.5 Å². The molecule has 1 unspecified atom stereocenters. The number of nitrogens with two attached hydrogens (primary N) is 1. The number of aryl methyl sites for hydroxylation is 1. The Kier molecular flexibility index (Phi) is 6.16. The summed E-state index contributed by atoms with van der Waals surface area (Å²) in [6.07, 6.45) is 1.53.